The Labute approximate surface area is 108 Å². The molecule has 0 unspecified atom stereocenters. The monoisotopic (exact) mass is 273 g/mol. The molecular weight excluding hydrogens is 254 g/mol. The highest BCUT2D eigenvalue weighted by Gasteiger charge is 2.11. The standard InChI is InChI=1S/C12H19NO4S/c1-16-10-11-17-9-5-8-13-18(14,15)12-6-3-2-4-7-12/h2-4,6-7,13H,5,8-11H2,1H3. The molecule has 1 aromatic rings. The van der Waals surface area contributed by atoms with Gasteiger partial charge in [-0.05, 0) is 18.6 Å². The summed E-state index contributed by atoms with van der Waals surface area (Å²) in [5.74, 6) is 0. The smallest absolute Gasteiger partial charge is 0.240 e. The first kappa shape index (κ1) is 15.1. The van der Waals surface area contributed by atoms with Gasteiger partial charge in [-0.1, -0.05) is 18.2 Å². The van der Waals surface area contributed by atoms with E-state index in [1.165, 1.54) is 0 Å². The number of sulfonamides is 1. The van der Waals surface area contributed by atoms with E-state index >= 15 is 0 Å². The van der Waals surface area contributed by atoms with Crippen LogP contribution < -0.4 is 4.72 Å². The average molecular weight is 273 g/mol. The quantitative estimate of drug-likeness (QED) is 0.682. The fourth-order valence-corrected chi connectivity index (χ4v) is 2.40. The summed E-state index contributed by atoms with van der Waals surface area (Å²) in [4.78, 5) is 0.283. The molecule has 0 amide bonds. The van der Waals surface area contributed by atoms with Crippen molar-refractivity contribution in [1.82, 2.24) is 4.72 Å². The van der Waals surface area contributed by atoms with Gasteiger partial charge in [0.05, 0.1) is 18.1 Å². The van der Waals surface area contributed by atoms with Gasteiger partial charge in [-0.25, -0.2) is 13.1 Å². The van der Waals surface area contributed by atoms with E-state index in [4.69, 9.17) is 9.47 Å². The third-order valence-corrected chi connectivity index (χ3v) is 3.72. The van der Waals surface area contributed by atoms with Crippen LogP contribution in [0.2, 0.25) is 0 Å². The van der Waals surface area contributed by atoms with Crippen molar-refractivity contribution in [2.75, 3.05) is 33.5 Å². The molecule has 0 aliphatic carbocycles. The molecule has 0 aromatic heterocycles. The molecule has 6 heteroatoms. The molecule has 0 saturated carbocycles. The lowest BCUT2D eigenvalue weighted by Gasteiger charge is -2.07. The van der Waals surface area contributed by atoms with E-state index in [9.17, 15) is 8.42 Å². The summed E-state index contributed by atoms with van der Waals surface area (Å²) in [7, 11) is -1.78. The maximum atomic E-state index is 11.8. The summed E-state index contributed by atoms with van der Waals surface area (Å²) < 4.78 is 36.2. The predicted molar refractivity (Wildman–Crippen MR) is 68.9 cm³/mol. The van der Waals surface area contributed by atoms with Gasteiger partial charge in [0.1, 0.15) is 0 Å². The number of rotatable bonds is 9. The molecule has 0 aliphatic heterocycles. The average Bonchev–Trinajstić information content (AvgIpc) is 2.39. The Hall–Kier alpha value is -0.950. The van der Waals surface area contributed by atoms with Gasteiger partial charge in [0.25, 0.3) is 0 Å². The molecule has 0 heterocycles. The summed E-state index contributed by atoms with van der Waals surface area (Å²) in [5, 5.41) is 0. The minimum Gasteiger partial charge on any atom is -0.382 e. The van der Waals surface area contributed by atoms with Crippen LogP contribution in [0, 0.1) is 0 Å². The van der Waals surface area contributed by atoms with Crippen molar-refractivity contribution in [3.8, 4) is 0 Å². The molecule has 1 aromatic carbocycles. The van der Waals surface area contributed by atoms with Crippen molar-refractivity contribution >= 4 is 10.0 Å². The van der Waals surface area contributed by atoms with Gasteiger partial charge in [0.15, 0.2) is 0 Å². The van der Waals surface area contributed by atoms with Gasteiger partial charge >= 0.3 is 0 Å². The maximum absolute atomic E-state index is 11.8. The van der Waals surface area contributed by atoms with Gasteiger partial charge < -0.3 is 9.47 Å². The van der Waals surface area contributed by atoms with E-state index in [2.05, 4.69) is 4.72 Å². The van der Waals surface area contributed by atoms with Crippen molar-refractivity contribution in [3.63, 3.8) is 0 Å². The molecular formula is C12H19NO4S. The summed E-state index contributed by atoms with van der Waals surface area (Å²) in [6.07, 6.45) is 0.635. The third-order valence-electron chi connectivity index (χ3n) is 2.24. The van der Waals surface area contributed by atoms with Crippen LogP contribution in [0.5, 0.6) is 0 Å². The van der Waals surface area contributed by atoms with Crippen LogP contribution in [-0.4, -0.2) is 41.9 Å². The van der Waals surface area contributed by atoms with Crippen LogP contribution >= 0.6 is 0 Å². The van der Waals surface area contributed by atoms with Crippen molar-refractivity contribution in [1.29, 1.82) is 0 Å². The van der Waals surface area contributed by atoms with Gasteiger partial charge in [-0.15, -0.1) is 0 Å². The zero-order chi connectivity index (χ0) is 13.3. The van der Waals surface area contributed by atoms with Crippen molar-refractivity contribution in [3.05, 3.63) is 30.3 Å². The van der Waals surface area contributed by atoms with E-state index in [-0.39, 0.29) is 4.90 Å². The number of hydrogen-bond acceptors (Lipinski definition) is 4. The second-order valence-corrected chi connectivity index (χ2v) is 5.44. The van der Waals surface area contributed by atoms with Crippen molar-refractivity contribution in [2.24, 2.45) is 0 Å². The Morgan fingerprint density at radius 1 is 1.11 bits per heavy atom. The summed E-state index contributed by atoms with van der Waals surface area (Å²) in [6.45, 7) is 1.96. The molecule has 1 rings (SSSR count). The predicted octanol–water partition coefficient (Wildman–Crippen LogP) is 1.02. The fraction of sp³-hybridized carbons (Fsp3) is 0.500. The summed E-state index contributed by atoms with van der Waals surface area (Å²) in [6, 6.07) is 8.31. The lowest BCUT2D eigenvalue weighted by atomic mass is 10.4. The number of nitrogens with one attached hydrogen (secondary N) is 1. The van der Waals surface area contributed by atoms with E-state index in [1.807, 2.05) is 0 Å². The SMILES string of the molecule is COCCOCCCNS(=O)(=O)c1ccccc1. The first-order valence-corrected chi connectivity index (χ1v) is 7.26. The molecule has 0 aliphatic rings. The largest absolute Gasteiger partial charge is 0.382 e. The molecule has 0 atom stereocenters. The molecule has 0 fully saturated rings. The van der Waals surface area contributed by atoms with Gasteiger partial charge in [0, 0.05) is 20.3 Å². The molecule has 0 radical (unpaired) electrons. The Kier molecular flexibility index (Phi) is 6.89. The second kappa shape index (κ2) is 8.20. The Morgan fingerprint density at radius 2 is 1.83 bits per heavy atom. The van der Waals surface area contributed by atoms with E-state index in [1.54, 1.807) is 37.4 Å². The maximum Gasteiger partial charge on any atom is 0.240 e. The molecule has 102 valence electrons. The lowest BCUT2D eigenvalue weighted by molar-refractivity contribution is 0.0699. The first-order chi connectivity index (χ1) is 8.67. The van der Waals surface area contributed by atoms with Crippen LogP contribution in [0.25, 0.3) is 0 Å². The summed E-state index contributed by atoms with van der Waals surface area (Å²) >= 11 is 0. The third kappa shape index (κ3) is 5.59. The molecule has 1 N–H and O–H groups in total. The van der Waals surface area contributed by atoms with Crippen LogP contribution in [0.15, 0.2) is 35.2 Å². The minimum atomic E-state index is -3.39. The van der Waals surface area contributed by atoms with E-state index in [0.29, 0.717) is 32.8 Å². The highest BCUT2D eigenvalue weighted by atomic mass is 32.2. The van der Waals surface area contributed by atoms with E-state index < -0.39 is 10.0 Å². The Balaban J connectivity index is 2.23. The molecule has 18 heavy (non-hydrogen) atoms. The first-order valence-electron chi connectivity index (χ1n) is 5.78. The lowest BCUT2D eigenvalue weighted by Crippen LogP contribution is -2.25. The fourth-order valence-electron chi connectivity index (χ4n) is 1.31. The normalized spacial score (nSPS) is 11.6. The minimum absolute atomic E-state index is 0.283. The second-order valence-electron chi connectivity index (χ2n) is 3.67. The van der Waals surface area contributed by atoms with Gasteiger partial charge in [0.2, 0.25) is 10.0 Å². The molecule has 0 saturated heterocycles. The van der Waals surface area contributed by atoms with Crippen LogP contribution in [0.4, 0.5) is 0 Å². The van der Waals surface area contributed by atoms with Gasteiger partial charge in [-0.2, -0.15) is 0 Å². The number of benzene rings is 1. The number of hydrogen-bond donors (Lipinski definition) is 1. The molecule has 5 nitrogen and oxygen atoms in total. The van der Waals surface area contributed by atoms with Crippen LogP contribution in [0.1, 0.15) is 6.42 Å². The Bertz CT molecular complexity index is 419. The topological polar surface area (TPSA) is 64.6 Å². The van der Waals surface area contributed by atoms with Crippen molar-refractivity contribution < 1.29 is 17.9 Å². The van der Waals surface area contributed by atoms with Crippen LogP contribution in [-0.2, 0) is 19.5 Å². The summed E-state index contributed by atoms with van der Waals surface area (Å²) in [5.41, 5.74) is 0. The molecule has 0 spiro atoms. The number of ether oxygens (including phenoxy) is 2. The highest BCUT2D eigenvalue weighted by molar-refractivity contribution is 7.89. The number of methoxy groups -OCH3 is 1. The molecule has 0 bridgehead atoms. The van der Waals surface area contributed by atoms with E-state index in [0.717, 1.165) is 0 Å². The Morgan fingerprint density at radius 3 is 2.50 bits per heavy atom. The van der Waals surface area contributed by atoms with Crippen molar-refractivity contribution in [2.45, 2.75) is 11.3 Å². The van der Waals surface area contributed by atoms with Crippen LogP contribution in [0.3, 0.4) is 0 Å². The zero-order valence-corrected chi connectivity index (χ0v) is 11.3. The highest BCUT2D eigenvalue weighted by Crippen LogP contribution is 2.06. The van der Waals surface area contributed by atoms with Gasteiger partial charge in [-0.3, -0.25) is 0 Å². The zero-order valence-electron chi connectivity index (χ0n) is 10.5.